The highest BCUT2D eigenvalue weighted by Crippen LogP contribution is 2.19. The van der Waals surface area contributed by atoms with E-state index in [0.717, 1.165) is 25.9 Å². The third kappa shape index (κ3) is 4.94. The molecular weight excluding hydrogens is 228 g/mol. The van der Waals surface area contributed by atoms with Crippen LogP contribution in [0.5, 0.6) is 0 Å². The molecule has 1 amide bonds. The van der Waals surface area contributed by atoms with Gasteiger partial charge in [-0.15, -0.1) is 0 Å². The summed E-state index contributed by atoms with van der Waals surface area (Å²) in [7, 11) is 1.69. The van der Waals surface area contributed by atoms with Crippen LogP contribution in [0.3, 0.4) is 0 Å². The molecule has 106 valence electrons. The molecule has 1 rings (SSSR count). The van der Waals surface area contributed by atoms with Crippen LogP contribution in [0.25, 0.3) is 0 Å². The van der Waals surface area contributed by atoms with E-state index in [9.17, 15) is 4.79 Å². The number of amides is 1. The van der Waals surface area contributed by atoms with E-state index in [0.29, 0.717) is 31.0 Å². The molecule has 0 spiro atoms. The molecule has 4 heteroatoms. The number of carbonyl (C=O) groups is 1. The third-order valence-corrected chi connectivity index (χ3v) is 3.44. The Bertz CT molecular complexity index is 256. The number of carbonyl (C=O) groups excluding carboxylic acids is 1. The topological polar surface area (TPSA) is 41.6 Å². The summed E-state index contributed by atoms with van der Waals surface area (Å²) in [6.45, 7) is 9.58. The molecule has 18 heavy (non-hydrogen) atoms. The van der Waals surface area contributed by atoms with Crippen LogP contribution in [-0.2, 0) is 9.53 Å². The van der Waals surface area contributed by atoms with E-state index >= 15 is 0 Å². The van der Waals surface area contributed by atoms with E-state index in [2.05, 4.69) is 26.1 Å². The van der Waals surface area contributed by atoms with E-state index in [1.807, 2.05) is 4.90 Å². The number of nitrogens with one attached hydrogen (secondary N) is 1. The minimum Gasteiger partial charge on any atom is -0.383 e. The Balaban J connectivity index is 2.56. The van der Waals surface area contributed by atoms with Crippen LogP contribution in [0.15, 0.2) is 0 Å². The van der Waals surface area contributed by atoms with Gasteiger partial charge >= 0.3 is 0 Å². The minimum atomic E-state index is 0.192. The summed E-state index contributed by atoms with van der Waals surface area (Å²) in [5, 5.41) is 3.39. The quantitative estimate of drug-likeness (QED) is 0.783. The van der Waals surface area contributed by atoms with Gasteiger partial charge in [0.1, 0.15) is 0 Å². The largest absolute Gasteiger partial charge is 0.383 e. The molecule has 0 aliphatic carbocycles. The van der Waals surface area contributed by atoms with E-state index in [1.54, 1.807) is 7.11 Å². The van der Waals surface area contributed by atoms with Crippen LogP contribution in [0.4, 0.5) is 0 Å². The molecule has 1 fully saturated rings. The second kappa shape index (κ2) is 7.74. The lowest BCUT2D eigenvalue weighted by Crippen LogP contribution is -2.46. The van der Waals surface area contributed by atoms with Crippen LogP contribution in [-0.4, -0.2) is 50.2 Å². The highest BCUT2D eigenvalue weighted by molar-refractivity contribution is 5.79. The molecule has 4 nitrogen and oxygen atoms in total. The van der Waals surface area contributed by atoms with Gasteiger partial charge in [0.25, 0.3) is 0 Å². The van der Waals surface area contributed by atoms with Crippen molar-refractivity contribution in [2.75, 3.05) is 33.4 Å². The van der Waals surface area contributed by atoms with Crippen molar-refractivity contribution in [1.29, 1.82) is 0 Å². The Kier molecular flexibility index (Phi) is 6.65. The minimum absolute atomic E-state index is 0.192. The molecule has 1 N–H and O–H groups in total. The number of hydrogen-bond acceptors (Lipinski definition) is 3. The third-order valence-electron chi connectivity index (χ3n) is 3.44. The van der Waals surface area contributed by atoms with Gasteiger partial charge in [-0.05, 0) is 32.2 Å². The first-order valence-corrected chi connectivity index (χ1v) is 7.05. The number of hydrogen-bond donors (Lipinski definition) is 1. The molecule has 0 radical (unpaired) electrons. The van der Waals surface area contributed by atoms with Crippen molar-refractivity contribution >= 4 is 5.91 Å². The van der Waals surface area contributed by atoms with E-state index < -0.39 is 0 Å². The molecule has 0 aromatic carbocycles. The maximum Gasteiger partial charge on any atom is 0.225 e. The van der Waals surface area contributed by atoms with Crippen LogP contribution < -0.4 is 5.32 Å². The van der Waals surface area contributed by atoms with Crippen molar-refractivity contribution in [2.45, 2.75) is 39.7 Å². The van der Waals surface area contributed by atoms with Crippen LogP contribution in [0.2, 0.25) is 0 Å². The monoisotopic (exact) mass is 256 g/mol. The summed E-state index contributed by atoms with van der Waals surface area (Å²) in [5.74, 6) is 1.01. The lowest BCUT2D eigenvalue weighted by molar-refractivity contribution is -0.137. The molecule has 1 aliphatic rings. The van der Waals surface area contributed by atoms with Crippen molar-refractivity contribution in [3.63, 3.8) is 0 Å². The number of nitrogens with zero attached hydrogens (tertiary/aromatic N) is 1. The van der Waals surface area contributed by atoms with Gasteiger partial charge in [0.2, 0.25) is 5.91 Å². The normalized spacial score (nSPS) is 24.3. The fourth-order valence-corrected chi connectivity index (χ4v) is 2.55. The maximum absolute atomic E-state index is 12.5. The number of rotatable bonds is 6. The van der Waals surface area contributed by atoms with E-state index in [4.69, 9.17) is 4.74 Å². The van der Waals surface area contributed by atoms with Crippen LogP contribution >= 0.6 is 0 Å². The zero-order valence-corrected chi connectivity index (χ0v) is 12.2. The van der Waals surface area contributed by atoms with Gasteiger partial charge in [-0.25, -0.2) is 0 Å². The highest BCUT2D eigenvalue weighted by atomic mass is 16.5. The van der Waals surface area contributed by atoms with Gasteiger partial charge in [0.05, 0.1) is 6.61 Å². The van der Waals surface area contributed by atoms with Gasteiger partial charge in [0.15, 0.2) is 0 Å². The molecule has 0 saturated carbocycles. The highest BCUT2D eigenvalue weighted by Gasteiger charge is 2.28. The van der Waals surface area contributed by atoms with Gasteiger partial charge in [0, 0.05) is 32.2 Å². The first kappa shape index (κ1) is 15.4. The predicted octanol–water partition coefficient (Wildman–Crippen LogP) is 1.51. The second-order valence-electron chi connectivity index (χ2n) is 5.75. The van der Waals surface area contributed by atoms with E-state index in [-0.39, 0.29) is 5.92 Å². The fraction of sp³-hybridized carbons (Fsp3) is 0.929. The molecule has 1 aliphatic heterocycles. The lowest BCUT2D eigenvalue weighted by Gasteiger charge is -2.33. The Morgan fingerprint density at radius 3 is 2.78 bits per heavy atom. The number of ether oxygens (including phenoxy) is 1. The smallest absolute Gasteiger partial charge is 0.225 e. The average molecular weight is 256 g/mol. The van der Waals surface area contributed by atoms with E-state index in [1.165, 1.54) is 0 Å². The summed E-state index contributed by atoms with van der Waals surface area (Å²) in [5.41, 5.74) is 0. The van der Waals surface area contributed by atoms with Gasteiger partial charge < -0.3 is 15.0 Å². The van der Waals surface area contributed by atoms with Gasteiger partial charge in [-0.3, -0.25) is 4.79 Å². The average Bonchev–Trinajstić information content (AvgIpc) is 2.33. The summed E-state index contributed by atoms with van der Waals surface area (Å²) < 4.78 is 5.11. The molecular formula is C14H28N2O2. The second-order valence-corrected chi connectivity index (χ2v) is 5.75. The molecule has 0 aromatic rings. The van der Waals surface area contributed by atoms with Crippen molar-refractivity contribution in [3.8, 4) is 0 Å². The fourth-order valence-electron chi connectivity index (χ4n) is 2.55. The lowest BCUT2D eigenvalue weighted by atomic mass is 9.91. The number of methoxy groups -OCH3 is 1. The first-order valence-electron chi connectivity index (χ1n) is 7.05. The Morgan fingerprint density at radius 1 is 1.50 bits per heavy atom. The molecule has 2 unspecified atom stereocenters. The zero-order chi connectivity index (χ0) is 13.5. The zero-order valence-electron chi connectivity index (χ0n) is 12.2. The maximum atomic E-state index is 12.5. The molecule has 0 bridgehead atoms. The summed E-state index contributed by atoms with van der Waals surface area (Å²) >= 11 is 0. The molecule has 1 heterocycles. The Morgan fingerprint density at radius 2 is 2.22 bits per heavy atom. The molecule has 1 saturated heterocycles. The van der Waals surface area contributed by atoms with Crippen molar-refractivity contribution in [1.82, 2.24) is 10.2 Å². The van der Waals surface area contributed by atoms with Crippen LogP contribution in [0, 0.1) is 11.8 Å². The number of piperidine rings is 1. The van der Waals surface area contributed by atoms with Gasteiger partial charge in [-0.2, -0.15) is 0 Å². The van der Waals surface area contributed by atoms with Crippen molar-refractivity contribution in [3.05, 3.63) is 0 Å². The summed E-state index contributed by atoms with van der Waals surface area (Å²) in [6.07, 6.45) is 1.92. The SMILES string of the molecule is COCCN(CC(C)C)C(=O)C1CCNC(C)C1. The van der Waals surface area contributed by atoms with Gasteiger partial charge in [-0.1, -0.05) is 13.8 Å². The molecule has 2 atom stereocenters. The van der Waals surface area contributed by atoms with Crippen molar-refractivity contribution in [2.24, 2.45) is 11.8 Å². The Hall–Kier alpha value is -0.610. The predicted molar refractivity (Wildman–Crippen MR) is 73.5 cm³/mol. The standard InChI is InChI=1S/C14H28N2O2/c1-11(2)10-16(7-8-18-4)14(17)13-5-6-15-12(3)9-13/h11-13,15H,5-10H2,1-4H3. The summed E-state index contributed by atoms with van der Waals surface area (Å²) in [6, 6.07) is 0.455. The first-order chi connectivity index (χ1) is 8.54. The summed E-state index contributed by atoms with van der Waals surface area (Å²) in [4.78, 5) is 14.5. The van der Waals surface area contributed by atoms with Crippen LogP contribution in [0.1, 0.15) is 33.6 Å². The molecule has 0 aromatic heterocycles. The Labute approximate surface area is 111 Å². The van der Waals surface area contributed by atoms with Crippen molar-refractivity contribution < 1.29 is 9.53 Å².